The van der Waals surface area contributed by atoms with Gasteiger partial charge >= 0.3 is 11.9 Å². The van der Waals surface area contributed by atoms with Gasteiger partial charge in [-0.05, 0) is 20.8 Å². The lowest BCUT2D eigenvalue weighted by Crippen LogP contribution is -2.48. The van der Waals surface area contributed by atoms with Gasteiger partial charge in [-0.25, -0.2) is 0 Å². The quantitative estimate of drug-likeness (QED) is 0.457. The number of nitrogens with one attached hydrogen (secondary N) is 2. The third-order valence-corrected chi connectivity index (χ3v) is 3.54. The van der Waals surface area contributed by atoms with Gasteiger partial charge in [0.25, 0.3) is 0 Å². The zero-order valence-corrected chi connectivity index (χ0v) is 16.5. The highest BCUT2D eigenvalue weighted by Gasteiger charge is 2.28. The molecule has 0 aromatic heterocycles. The highest BCUT2D eigenvalue weighted by molar-refractivity contribution is 5.86. The number of carboxylic acid groups (broad SMARTS) is 2. The molecule has 0 spiro atoms. The van der Waals surface area contributed by atoms with Gasteiger partial charge in [-0.2, -0.15) is 0 Å². The van der Waals surface area contributed by atoms with Crippen LogP contribution in [0, 0.1) is 5.41 Å². The molecule has 0 aliphatic heterocycles. The second-order valence-electron chi connectivity index (χ2n) is 8.63. The van der Waals surface area contributed by atoms with E-state index in [1.165, 1.54) is 0 Å². The molecule has 150 valence electrons. The number of Topliss-reactive ketones (excluding diaryl/α,β-unsaturated/α-hetero) is 1. The van der Waals surface area contributed by atoms with Crippen molar-refractivity contribution in [2.24, 2.45) is 5.41 Å². The van der Waals surface area contributed by atoms with Gasteiger partial charge in [-0.3, -0.25) is 19.2 Å². The number of ketones is 1. The van der Waals surface area contributed by atoms with Gasteiger partial charge in [0.2, 0.25) is 5.91 Å². The van der Waals surface area contributed by atoms with E-state index in [9.17, 15) is 19.2 Å². The Labute approximate surface area is 154 Å². The second-order valence-corrected chi connectivity index (χ2v) is 8.63. The number of hydrogen-bond donors (Lipinski definition) is 4. The van der Waals surface area contributed by atoms with Crippen LogP contribution in [-0.4, -0.2) is 51.5 Å². The van der Waals surface area contributed by atoms with E-state index in [2.05, 4.69) is 10.6 Å². The molecule has 2 atom stereocenters. The van der Waals surface area contributed by atoms with Crippen molar-refractivity contribution >= 4 is 23.6 Å². The van der Waals surface area contributed by atoms with E-state index < -0.39 is 35.3 Å². The fourth-order valence-electron chi connectivity index (χ4n) is 2.42. The summed E-state index contributed by atoms with van der Waals surface area (Å²) in [5, 5.41) is 23.7. The summed E-state index contributed by atoms with van der Waals surface area (Å²) in [5.74, 6) is -2.80. The Morgan fingerprint density at radius 2 is 1.23 bits per heavy atom. The first kappa shape index (κ1) is 24.0. The summed E-state index contributed by atoms with van der Waals surface area (Å²) in [4.78, 5) is 46.5. The van der Waals surface area contributed by atoms with E-state index in [-0.39, 0.29) is 37.0 Å². The standard InChI is InChI=1S/C18H32N2O6/c1-17(2,3)13(21)7-11(9-15(23)24)19-14(22)8-12(10-16(25)26)20-18(4,5)6/h11-12,20H,7-10H2,1-6H3,(H,19,22)(H,23,24)(H,25,26). The molecule has 0 aliphatic rings. The predicted molar refractivity (Wildman–Crippen MR) is 96.8 cm³/mol. The van der Waals surface area contributed by atoms with Crippen LogP contribution in [0.25, 0.3) is 0 Å². The first-order valence-electron chi connectivity index (χ1n) is 8.64. The normalized spacial score (nSPS) is 14.4. The van der Waals surface area contributed by atoms with Gasteiger partial charge in [-0.15, -0.1) is 0 Å². The molecule has 0 saturated carbocycles. The highest BCUT2D eigenvalue weighted by atomic mass is 16.4. The third kappa shape index (κ3) is 11.6. The van der Waals surface area contributed by atoms with Gasteiger partial charge in [0.1, 0.15) is 5.78 Å². The lowest BCUT2D eigenvalue weighted by atomic mass is 9.86. The molecule has 26 heavy (non-hydrogen) atoms. The molecule has 0 bridgehead atoms. The number of aliphatic carboxylic acids is 2. The maximum Gasteiger partial charge on any atom is 0.305 e. The van der Waals surface area contributed by atoms with Crippen LogP contribution in [0.4, 0.5) is 0 Å². The minimum atomic E-state index is -1.12. The van der Waals surface area contributed by atoms with Crippen LogP contribution in [0.2, 0.25) is 0 Å². The molecule has 1 amide bonds. The molecule has 0 heterocycles. The van der Waals surface area contributed by atoms with Gasteiger partial charge in [0, 0.05) is 35.9 Å². The molecule has 0 aromatic carbocycles. The molecule has 8 heteroatoms. The number of rotatable bonds is 10. The molecule has 0 aliphatic carbocycles. The lowest BCUT2D eigenvalue weighted by Gasteiger charge is -2.28. The van der Waals surface area contributed by atoms with Crippen LogP contribution < -0.4 is 10.6 Å². The van der Waals surface area contributed by atoms with Crippen molar-refractivity contribution in [3.63, 3.8) is 0 Å². The fraction of sp³-hybridized carbons (Fsp3) is 0.778. The van der Waals surface area contributed by atoms with Crippen molar-refractivity contribution in [1.82, 2.24) is 10.6 Å². The Hall–Kier alpha value is -1.96. The number of carbonyl (C=O) groups excluding carboxylic acids is 2. The summed E-state index contributed by atoms with van der Waals surface area (Å²) in [6.07, 6.45) is -0.819. The van der Waals surface area contributed by atoms with Crippen LogP contribution >= 0.6 is 0 Å². The van der Waals surface area contributed by atoms with E-state index in [1.54, 1.807) is 20.8 Å². The van der Waals surface area contributed by atoms with Crippen molar-refractivity contribution in [3.05, 3.63) is 0 Å². The molecule has 0 saturated heterocycles. The van der Waals surface area contributed by atoms with Gasteiger partial charge in [-0.1, -0.05) is 20.8 Å². The minimum absolute atomic E-state index is 0.0855. The van der Waals surface area contributed by atoms with Gasteiger partial charge in [0.05, 0.1) is 12.8 Å². The van der Waals surface area contributed by atoms with Crippen molar-refractivity contribution in [1.29, 1.82) is 0 Å². The molecule has 4 N–H and O–H groups in total. The van der Waals surface area contributed by atoms with Crippen molar-refractivity contribution in [2.75, 3.05) is 0 Å². The predicted octanol–water partition coefficient (Wildman–Crippen LogP) is 1.57. The SMILES string of the molecule is CC(C)(C)NC(CC(=O)O)CC(=O)NC(CC(=O)O)CC(=O)C(C)(C)C. The first-order valence-corrected chi connectivity index (χ1v) is 8.64. The summed E-state index contributed by atoms with van der Waals surface area (Å²) in [5.41, 5.74) is -1.02. The molecule has 2 unspecified atom stereocenters. The van der Waals surface area contributed by atoms with Crippen molar-refractivity contribution < 1.29 is 29.4 Å². The maximum atomic E-state index is 12.3. The number of hydrogen-bond acceptors (Lipinski definition) is 5. The lowest BCUT2D eigenvalue weighted by molar-refractivity contribution is -0.138. The molecular weight excluding hydrogens is 340 g/mol. The molecule has 8 nitrogen and oxygen atoms in total. The second kappa shape index (κ2) is 9.66. The number of amides is 1. The topological polar surface area (TPSA) is 133 Å². The Bertz CT molecular complexity index is 531. The zero-order valence-electron chi connectivity index (χ0n) is 16.5. The zero-order chi connectivity index (χ0) is 20.7. The van der Waals surface area contributed by atoms with Crippen LogP contribution in [0.5, 0.6) is 0 Å². The van der Waals surface area contributed by atoms with E-state index >= 15 is 0 Å². The number of carboxylic acids is 2. The molecule has 0 fully saturated rings. The fourth-order valence-corrected chi connectivity index (χ4v) is 2.42. The van der Waals surface area contributed by atoms with Crippen molar-refractivity contribution in [3.8, 4) is 0 Å². The summed E-state index contributed by atoms with van der Waals surface area (Å²) < 4.78 is 0. The van der Waals surface area contributed by atoms with E-state index in [0.29, 0.717) is 0 Å². The van der Waals surface area contributed by atoms with Crippen LogP contribution in [0.3, 0.4) is 0 Å². The van der Waals surface area contributed by atoms with Crippen LogP contribution in [0.1, 0.15) is 67.2 Å². The molecular formula is C18H32N2O6. The molecule has 0 rings (SSSR count). The van der Waals surface area contributed by atoms with E-state index in [1.807, 2.05) is 20.8 Å². The highest BCUT2D eigenvalue weighted by Crippen LogP contribution is 2.19. The maximum absolute atomic E-state index is 12.3. The number of carbonyl (C=O) groups is 4. The largest absolute Gasteiger partial charge is 0.481 e. The molecule has 0 aromatic rings. The van der Waals surface area contributed by atoms with Crippen LogP contribution in [-0.2, 0) is 19.2 Å². The Kier molecular flexibility index (Phi) is 8.93. The Balaban J connectivity index is 5.00. The summed E-state index contributed by atoms with van der Waals surface area (Å²) in [6, 6.07) is -1.43. The summed E-state index contributed by atoms with van der Waals surface area (Å²) >= 11 is 0. The average Bonchev–Trinajstić information content (AvgIpc) is 2.32. The molecule has 0 radical (unpaired) electrons. The smallest absolute Gasteiger partial charge is 0.305 e. The third-order valence-electron chi connectivity index (χ3n) is 3.54. The van der Waals surface area contributed by atoms with Crippen molar-refractivity contribution in [2.45, 2.75) is 84.8 Å². The van der Waals surface area contributed by atoms with Gasteiger partial charge < -0.3 is 20.8 Å². The summed E-state index contributed by atoms with van der Waals surface area (Å²) in [7, 11) is 0. The first-order chi connectivity index (χ1) is 11.6. The van der Waals surface area contributed by atoms with E-state index in [0.717, 1.165) is 0 Å². The average molecular weight is 372 g/mol. The monoisotopic (exact) mass is 372 g/mol. The minimum Gasteiger partial charge on any atom is -0.481 e. The summed E-state index contributed by atoms with van der Waals surface area (Å²) in [6.45, 7) is 10.8. The van der Waals surface area contributed by atoms with E-state index in [4.69, 9.17) is 10.2 Å². The van der Waals surface area contributed by atoms with Gasteiger partial charge in [0.15, 0.2) is 0 Å². The Morgan fingerprint density at radius 3 is 1.62 bits per heavy atom. The van der Waals surface area contributed by atoms with Crippen LogP contribution in [0.15, 0.2) is 0 Å². The Morgan fingerprint density at radius 1 is 0.769 bits per heavy atom.